The third-order valence-electron chi connectivity index (χ3n) is 2.73. The minimum absolute atomic E-state index is 0.0335. The fourth-order valence-electron chi connectivity index (χ4n) is 1.55. The number of aromatic nitrogens is 1. The molecule has 1 rings (SSSR count). The monoisotopic (exact) mass is 349 g/mol. The van der Waals surface area contributed by atoms with Gasteiger partial charge in [-0.2, -0.15) is 4.37 Å². The highest BCUT2D eigenvalue weighted by Crippen LogP contribution is 2.15. The number of amides is 1. The van der Waals surface area contributed by atoms with Crippen molar-refractivity contribution < 1.29 is 22.7 Å². The molecule has 0 spiro atoms. The van der Waals surface area contributed by atoms with Crippen LogP contribution < -0.4 is 10.0 Å². The largest absolute Gasteiger partial charge is 0.467 e. The minimum atomic E-state index is -3.79. The van der Waals surface area contributed by atoms with Crippen LogP contribution in [0.3, 0.4) is 0 Å². The first-order valence-corrected chi connectivity index (χ1v) is 8.73. The maximum Gasteiger partial charge on any atom is 0.328 e. The summed E-state index contributed by atoms with van der Waals surface area (Å²) in [6, 6.07) is 0.587. The van der Waals surface area contributed by atoms with Gasteiger partial charge in [0.05, 0.1) is 19.3 Å². The number of hydrogen-bond donors (Lipinski definition) is 2. The van der Waals surface area contributed by atoms with Gasteiger partial charge < -0.3 is 10.1 Å². The van der Waals surface area contributed by atoms with Crippen molar-refractivity contribution in [2.45, 2.75) is 31.0 Å². The van der Waals surface area contributed by atoms with Crippen LogP contribution >= 0.6 is 11.5 Å². The molecule has 124 valence electrons. The lowest BCUT2D eigenvalue weighted by Crippen LogP contribution is -2.48. The van der Waals surface area contributed by atoms with Crippen LogP contribution in [0.1, 0.15) is 19.5 Å². The Labute approximate surface area is 133 Å². The topological polar surface area (TPSA) is 114 Å². The third kappa shape index (κ3) is 5.04. The molecule has 0 unspecified atom stereocenters. The Bertz CT molecular complexity index is 639. The van der Waals surface area contributed by atoms with Crippen LogP contribution in [0.5, 0.6) is 0 Å². The molecule has 10 heteroatoms. The van der Waals surface area contributed by atoms with Crippen LogP contribution in [-0.2, 0) is 24.3 Å². The average molecular weight is 349 g/mol. The van der Waals surface area contributed by atoms with Crippen molar-refractivity contribution in [2.75, 3.05) is 13.7 Å². The molecule has 0 saturated carbocycles. The number of aryl methyl sites for hydroxylation is 1. The van der Waals surface area contributed by atoms with Gasteiger partial charge in [0, 0.05) is 0 Å². The highest BCUT2D eigenvalue weighted by atomic mass is 32.2. The van der Waals surface area contributed by atoms with Crippen LogP contribution in [0.4, 0.5) is 0 Å². The molecule has 22 heavy (non-hydrogen) atoms. The van der Waals surface area contributed by atoms with Gasteiger partial charge in [-0.15, -0.1) is 0 Å². The summed E-state index contributed by atoms with van der Waals surface area (Å²) in [6.07, 6.45) is 0. The van der Waals surface area contributed by atoms with Gasteiger partial charge in [0.25, 0.3) is 10.0 Å². The molecule has 1 aromatic rings. The van der Waals surface area contributed by atoms with E-state index in [-0.39, 0.29) is 10.1 Å². The van der Waals surface area contributed by atoms with Crippen molar-refractivity contribution in [3.05, 3.63) is 11.8 Å². The molecule has 8 nitrogen and oxygen atoms in total. The van der Waals surface area contributed by atoms with Gasteiger partial charge in [-0.1, -0.05) is 13.8 Å². The summed E-state index contributed by atoms with van der Waals surface area (Å²) in [7, 11) is -2.57. The van der Waals surface area contributed by atoms with Crippen molar-refractivity contribution in [1.82, 2.24) is 14.4 Å². The maximum absolute atomic E-state index is 11.9. The van der Waals surface area contributed by atoms with Crippen LogP contribution in [0, 0.1) is 12.8 Å². The number of methoxy groups -OCH3 is 1. The normalized spacial score (nSPS) is 13.0. The van der Waals surface area contributed by atoms with Gasteiger partial charge in [-0.25, -0.2) is 17.9 Å². The van der Waals surface area contributed by atoms with E-state index in [0.29, 0.717) is 5.69 Å². The van der Waals surface area contributed by atoms with Gasteiger partial charge in [0.15, 0.2) is 4.21 Å². The third-order valence-corrected chi connectivity index (χ3v) is 5.46. The van der Waals surface area contributed by atoms with Gasteiger partial charge in [0.2, 0.25) is 5.91 Å². The lowest BCUT2D eigenvalue weighted by Gasteiger charge is -2.19. The Morgan fingerprint density at radius 3 is 2.50 bits per heavy atom. The van der Waals surface area contributed by atoms with E-state index in [4.69, 9.17) is 0 Å². The summed E-state index contributed by atoms with van der Waals surface area (Å²) in [6.45, 7) is 4.68. The average Bonchev–Trinajstić information content (AvgIpc) is 2.89. The van der Waals surface area contributed by atoms with Crippen molar-refractivity contribution in [3.63, 3.8) is 0 Å². The van der Waals surface area contributed by atoms with Crippen LogP contribution in [0.15, 0.2) is 10.3 Å². The van der Waals surface area contributed by atoms with E-state index in [1.165, 1.54) is 13.2 Å². The summed E-state index contributed by atoms with van der Waals surface area (Å²) >= 11 is 0.829. The lowest BCUT2D eigenvalue weighted by atomic mass is 10.0. The van der Waals surface area contributed by atoms with E-state index in [1.54, 1.807) is 20.8 Å². The first-order valence-electron chi connectivity index (χ1n) is 6.47. The van der Waals surface area contributed by atoms with Crippen LogP contribution in [-0.4, -0.2) is 44.4 Å². The minimum Gasteiger partial charge on any atom is -0.467 e. The molecule has 0 aromatic carbocycles. The highest BCUT2D eigenvalue weighted by Gasteiger charge is 2.26. The first-order chi connectivity index (χ1) is 10.2. The number of rotatable bonds is 7. The summed E-state index contributed by atoms with van der Waals surface area (Å²) in [5, 5.41) is 2.44. The van der Waals surface area contributed by atoms with Crippen molar-refractivity contribution in [3.8, 4) is 0 Å². The second-order valence-electron chi connectivity index (χ2n) is 4.92. The summed E-state index contributed by atoms with van der Waals surface area (Å²) in [5.41, 5.74) is 0.584. The summed E-state index contributed by atoms with van der Waals surface area (Å²) in [5.74, 6) is -1.38. The number of nitrogens with one attached hydrogen (secondary N) is 2. The molecule has 1 aromatic heterocycles. The maximum atomic E-state index is 11.9. The Balaban J connectivity index is 2.64. The van der Waals surface area contributed by atoms with Crippen LogP contribution in [0.2, 0.25) is 0 Å². The van der Waals surface area contributed by atoms with Crippen LogP contribution in [0.25, 0.3) is 0 Å². The number of ether oxygens (including phenoxy) is 1. The lowest BCUT2D eigenvalue weighted by molar-refractivity contribution is -0.146. The van der Waals surface area contributed by atoms with E-state index >= 15 is 0 Å². The van der Waals surface area contributed by atoms with Crippen molar-refractivity contribution >= 4 is 33.4 Å². The molecule has 0 fully saturated rings. The SMILES string of the molecule is COC(=O)[C@H](NC(=O)CNS(=O)(=O)c1cc(C)ns1)C(C)C. The molecule has 1 amide bonds. The van der Waals surface area contributed by atoms with Gasteiger partial charge in [-0.3, -0.25) is 4.79 Å². The molecular formula is C12H19N3O5S2. The first kappa shape index (κ1) is 18.5. The zero-order chi connectivity index (χ0) is 16.9. The van der Waals surface area contributed by atoms with Gasteiger partial charge in [-0.05, 0) is 30.4 Å². The Morgan fingerprint density at radius 1 is 1.41 bits per heavy atom. The molecule has 1 heterocycles. The zero-order valence-electron chi connectivity index (χ0n) is 12.7. The highest BCUT2D eigenvalue weighted by molar-refractivity contribution is 7.91. The fraction of sp³-hybridized carbons (Fsp3) is 0.583. The molecule has 0 aliphatic carbocycles. The predicted molar refractivity (Wildman–Crippen MR) is 80.8 cm³/mol. The number of esters is 1. The molecular weight excluding hydrogens is 330 g/mol. The fourth-order valence-corrected chi connectivity index (χ4v) is 3.53. The number of nitrogens with zero attached hydrogens (tertiary/aromatic N) is 1. The molecule has 0 radical (unpaired) electrons. The van der Waals surface area contributed by atoms with E-state index in [1.807, 2.05) is 0 Å². The zero-order valence-corrected chi connectivity index (χ0v) is 14.4. The number of sulfonamides is 1. The molecule has 0 aliphatic heterocycles. The molecule has 0 aliphatic rings. The van der Waals surface area contributed by atoms with Gasteiger partial charge >= 0.3 is 5.97 Å². The van der Waals surface area contributed by atoms with Crippen molar-refractivity contribution in [2.24, 2.45) is 5.92 Å². The second kappa shape index (κ2) is 7.65. The quantitative estimate of drug-likeness (QED) is 0.672. The summed E-state index contributed by atoms with van der Waals surface area (Å²) in [4.78, 5) is 23.3. The van der Waals surface area contributed by atoms with E-state index in [0.717, 1.165) is 11.5 Å². The number of hydrogen-bond acceptors (Lipinski definition) is 7. The smallest absolute Gasteiger partial charge is 0.328 e. The Hall–Kier alpha value is -1.52. The Morgan fingerprint density at radius 2 is 2.05 bits per heavy atom. The van der Waals surface area contributed by atoms with Crippen molar-refractivity contribution in [1.29, 1.82) is 0 Å². The van der Waals surface area contributed by atoms with E-state index in [9.17, 15) is 18.0 Å². The molecule has 2 N–H and O–H groups in total. The molecule has 0 saturated heterocycles. The van der Waals surface area contributed by atoms with E-state index < -0.39 is 34.5 Å². The Kier molecular flexibility index (Phi) is 6.45. The predicted octanol–water partition coefficient (Wildman–Crippen LogP) is 0.0436. The number of carbonyl (C=O) groups excluding carboxylic acids is 2. The summed E-state index contributed by atoms with van der Waals surface area (Å²) < 4.78 is 34.6. The molecule has 1 atom stereocenters. The molecule has 0 bridgehead atoms. The van der Waals surface area contributed by atoms with E-state index in [2.05, 4.69) is 19.1 Å². The van der Waals surface area contributed by atoms with Gasteiger partial charge in [0.1, 0.15) is 6.04 Å². The standard InChI is InChI=1S/C12H19N3O5S2/c1-7(2)11(12(17)20-4)14-9(16)6-13-22(18,19)10-5-8(3)15-21-10/h5,7,11,13H,6H2,1-4H3,(H,14,16)/t11-/m1/s1. The second-order valence-corrected chi connectivity index (χ2v) is 7.72. The number of carbonyl (C=O) groups is 2.